The Morgan fingerprint density at radius 1 is 1.32 bits per heavy atom. The van der Waals surface area contributed by atoms with E-state index in [4.69, 9.17) is 0 Å². The molecular weight excluding hydrogens is 250 g/mol. The number of aromatic nitrogens is 2. The van der Waals surface area contributed by atoms with Crippen molar-refractivity contribution >= 4 is 5.78 Å². The van der Waals surface area contributed by atoms with Crippen molar-refractivity contribution in [1.82, 2.24) is 9.78 Å². The van der Waals surface area contributed by atoms with E-state index in [0.29, 0.717) is 11.3 Å². The zero-order valence-corrected chi connectivity index (χ0v) is 11.0. The lowest BCUT2D eigenvalue weighted by Crippen LogP contribution is -2.08. The summed E-state index contributed by atoms with van der Waals surface area (Å²) < 4.78 is 27.9. The van der Waals surface area contributed by atoms with Gasteiger partial charge in [0, 0.05) is 25.2 Å². The standard InChI is InChI=1S/C14H14F2N2O/c1-8-14(9(2)18(3)17-8)13(19)6-10-4-5-11(15)7-12(10)16/h4-5,7H,6H2,1-3H3. The van der Waals surface area contributed by atoms with Gasteiger partial charge in [-0.15, -0.1) is 0 Å². The molecule has 1 aromatic heterocycles. The Morgan fingerprint density at radius 3 is 2.53 bits per heavy atom. The maximum absolute atomic E-state index is 13.5. The number of hydrogen-bond donors (Lipinski definition) is 0. The minimum Gasteiger partial charge on any atom is -0.294 e. The largest absolute Gasteiger partial charge is 0.294 e. The van der Waals surface area contributed by atoms with E-state index in [1.54, 1.807) is 25.6 Å². The predicted octanol–water partition coefficient (Wildman–Crippen LogP) is 2.74. The second-order valence-corrected chi connectivity index (χ2v) is 4.51. The Bertz CT molecular complexity index is 647. The van der Waals surface area contributed by atoms with Crippen molar-refractivity contribution in [2.45, 2.75) is 20.3 Å². The van der Waals surface area contributed by atoms with Gasteiger partial charge in [-0.25, -0.2) is 8.78 Å². The normalized spacial score (nSPS) is 10.8. The number of halogens is 2. The Labute approximate surface area is 109 Å². The minimum atomic E-state index is -0.701. The summed E-state index contributed by atoms with van der Waals surface area (Å²) in [6.45, 7) is 3.52. The number of hydrogen-bond acceptors (Lipinski definition) is 2. The lowest BCUT2D eigenvalue weighted by Gasteiger charge is -2.04. The summed E-state index contributed by atoms with van der Waals surface area (Å²) in [5.41, 5.74) is 2.05. The molecule has 0 spiro atoms. The van der Waals surface area contributed by atoms with Crippen LogP contribution in [0.3, 0.4) is 0 Å². The number of nitrogens with zero attached hydrogens (tertiary/aromatic N) is 2. The molecule has 5 heteroatoms. The minimum absolute atomic E-state index is 0.0977. The highest BCUT2D eigenvalue weighted by molar-refractivity contribution is 5.99. The van der Waals surface area contributed by atoms with E-state index in [2.05, 4.69) is 5.10 Å². The molecule has 0 unspecified atom stereocenters. The Balaban J connectivity index is 2.31. The lowest BCUT2D eigenvalue weighted by atomic mass is 10.0. The summed E-state index contributed by atoms with van der Waals surface area (Å²) >= 11 is 0. The van der Waals surface area contributed by atoms with E-state index in [1.165, 1.54) is 6.07 Å². The predicted molar refractivity (Wildman–Crippen MR) is 67.1 cm³/mol. The van der Waals surface area contributed by atoms with Gasteiger partial charge in [0.05, 0.1) is 11.3 Å². The van der Waals surface area contributed by atoms with E-state index in [1.807, 2.05) is 0 Å². The fourth-order valence-electron chi connectivity index (χ4n) is 2.10. The number of rotatable bonds is 3. The first-order valence-corrected chi connectivity index (χ1v) is 5.87. The number of carbonyl (C=O) groups excluding carboxylic acids is 1. The molecule has 0 aliphatic heterocycles. The highest BCUT2D eigenvalue weighted by Gasteiger charge is 2.18. The molecule has 100 valence electrons. The average Bonchev–Trinajstić information content (AvgIpc) is 2.57. The molecule has 3 nitrogen and oxygen atoms in total. The summed E-state index contributed by atoms with van der Waals surface area (Å²) in [7, 11) is 1.75. The molecular formula is C14H14F2N2O. The molecule has 0 saturated carbocycles. The molecule has 0 amide bonds. The first-order valence-electron chi connectivity index (χ1n) is 5.87. The summed E-state index contributed by atoms with van der Waals surface area (Å²) in [5, 5.41) is 4.15. The number of benzene rings is 1. The first-order chi connectivity index (χ1) is 8.90. The molecule has 0 bridgehead atoms. The summed E-state index contributed by atoms with van der Waals surface area (Å²) in [4.78, 5) is 12.2. The van der Waals surface area contributed by atoms with Crippen molar-refractivity contribution < 1.29 is 13.6 Å². The Morgan fingerprint density at radius 2 is 2.00 bits per heavy atom. The first kappa shape index (κ1) is 13.4. The quantitative estimate of drug-likeness (QED) is 0.799. The van der Waals surface area contributed by atoms with Gasteiger partial charge < -0.3 is 0 Å². The highest BCUT2D eigenvalue weighted by atomic mass is 19.1. The molecule has 0 fully saturated rings. The zero-order valence-electron chi connectivity index (χ0n) is 11.0. The van der Waals surface area contributed by atoms with Crippen molar-refractivity contribution in [3.63, 3.8) is 0 Å². The van der Waals surface area contributed by atoms with Crippen LogP contribution in [0.15, 0.2) is 18.2 Å². The SMILES string of the molecule is Cc1nn(C)c(C)c1C(=O)Cc1ccc(F)cc1F. The highest BCUT2D eigenvalue weighted by Crippen LogP contribution is 2.17. The van der Waals surface area contributed by atoms with E-state index in [-0.39, 0.29) is 17.8 Å². The molecule has 1 aromatic carbocycles. The third-order valence-electron chi connectivity index (χ3n) is 3.15. The van der Waals surface area contributed by atoms with Crippen LogP contribution >= 0.6 is 0 Å². The molecule has 2 aromatic rings. The van der Waals surface area contributed by atoms with Crippen molar-refractivity contribution in [1.29, 1.82) is 0 Å². The molecule has 0 N–H and O–H groups in total. The van der Waals surface area contributed by atoms with Gasteiger partial charge in [0.2, 0.25) is 0 Å². The van der Waals surface area contributed by atoms with Gasteiger partial charge in [-0.1, -0.05) is 6.07 Å². The zero-order chi connectivity index (χ0) is 14.2. The van der Waals surface area contributed by atoms with Gasteiger partial charge in [-0.2, -0.15) is 5.10 Å². The molecule has 1 heterocycles. The van der Waals surface area contributed by atoms with E-state index >= 15 is 0 Å². The number of Topliss-reactive ketones (excluding diaryl/α,β-unsaturated/α-hetero) is 1. The van der Waals surface area contributed by atoms with E-state index in [9.17, 15) is 13.6 Å². The third kappa shape index (κ3) is 2.54. The Hall–Kier alpha value is -2.04. The van der Waals surface area contributed by atoms with Crippen LogP contribution in [-0.4, -0.2) is 15.6 Å². The van der Waals surface area contributed by atoms with E-state index < -0.39 is 11.6 Å². The van der Waals surface area contributed by atoms with Crippen LogP contribution in [0, 0.1) is 25.5 Å². The lowest BCUT2D eigenvalue weighted by molar-refractivity contribution is 0.0990. The third-order valence-corrected chi connectivity index (χ3v) is 3.15. The van der Waals surface area contributed by atoms with Gasteiger partial charge in [0.15, 0.2) is 5.78 Å². The number of carbonyl (C=O) groups is 1. The van der Waals surface area contributed by atoms with Gasteiger partial charge in [-0.3, -0.25) is 9.48 Å². The number of aryl methyl sites for hydroxylation is 2. The monoisotopic (exact) mass is 264 g/mol. The summed E-state index contributed by atoms with van der Waals surface area (Å²) in [6, 6.07) is 3.23. The van der Waals surface area contributed by atoms with E-state index in [0.717, 1.165) is 17.8 Å². The molecule has 2 rings (SSSR count). The van der Waals surface area contributed by atoms with Crippen LogP contribution < -0.4 is 0 Å². The molecule has 0 radical (unpaired) electrons. The second kappa shape index (κ2) is 4.91. The van der Waals surface area contributed by atoms with Crippen LogP contribution in [0.5, 0.6) is 0 Å². The fraction of sp³-hybridized carbons (Fsp3) is 0.286. The maximum Gasteiger partial charge on any atom is 0.171 e. The van der Waals surface area contributed by atoms with Crippen molar-refractivity contribution in [2.24, 2.45) is 7.05 Å². The van der Waals surface area contributed by atoms with Crippen LogP contribution in [0.4, 0.5) is 8.78 Å². The van der Waals surface area contributed by atoms with Crippen LogP contribution in [0.2, 0.25) is 0 Å². The van der Waals surface area contributed by atoms with Crippen molar-refractivity contribution in [2.75, 3.05) is 0 Å². The fourth-order valence-corrected chi connectivity index (χ4v) is 2.10. The molecule has 0 aliphatic rings. The van der Waals surface area contributed by atoms with Gasteiger partial charge in [0.25, 0.3) is 0 Å². The molecule has 0 atom stereocenters. The molecule has 0 saturated heterocycles. The number of ketones is 1. The maximum atomic E-state index is 13.5. The van der Waals surface area contributed by atoms with Crippen molar-refractivity contribution in [3.8, 4) is 0 Å². The molecule has 0 aliphatic carbocycles. The topological polar surface area (TPSA) is 34.9 Å². The van der Waals surface area contributed by atoms with Crippen LogP contribution in [0.25, 0.3) is 0 Å². The van der Waals surface area contributed by atoms with Gasteiger partial charge >= 0.3 is 0 Å². The summed E-state index contributed by atoms with van der Waals surface area (Å²) in [5.74, 6) is -1.57. The summed E-state index contributed by atoms with van der Waals surface area (Å²) in [6.07, 6.45) is -0.0977. The van der Waals surface area contributed by atoms with Crippen LogP contribution in [0.1, 0.15) is 27.3 Å². The Kier molecular flexibility index (Phi) is 3.46. The smallest absolute Gasteiger partial charge is 0.171 e. The van der Waals surface area contributed by atoms with Gasteiger partial charge in [-0.05, 0) is 25.5 Å². The average molecular weight is 264 g/mol. The van der Waals surface area contributed by atoms with Gasteiger partial charge in [0.1, 0.15) is 11.6 Å². The van der Waals surface area contributed by atoms with Crippen molar-refractivity contribution in [3.05, 3.63) is 52.3 Å². The molecule has 19 heavy (non-hydrogen) atoms. The second-order valence-electron chi connectivity index (χ2n) is 4.51. The van der Waals surface area contributed by atoms with Crippen LogP contribution in [-0.2, 0) is 13.5 Å².